The van der Waals surface area contributed by atoms with Gasteiger partial charge in [0.2, 0.25) is 0 Å². The minimum absolute atomic E-state index is 0.304. The number of thiocarbonyl (C=S) groups is 1. The van der Waals surface area contributed by atoms with E-state index in [1.807, 2.05) is 43.3 Å². The number of carbonyl (C=O) groups excluding carboxylic acids is 2. The molecule has 212 valence electrons. The minimum Gasteiger partial charge on any atom is -0.490 e. The molecule has 0 radical (unpaired) electrons. The van der Waals surface area contributed by atoms with E-state index in [9.17, 15) is 14.0 Å². The van der Waals surface area contributed by atoms with Gasteiger partial charge in [-0.1, -0.05) is 59.8 Å². The standard InChI is InChI=1S/C32H24ClFN2O4S2/c1-2-39-28-16-21(8-15-27(28)40-19-20-6-9-23(33)10-7-20)17-29-31(38)36(32(41)42-29)26-5-3-4-22(18-26)30(37)35-25-13-11-24(34)12-14-25/h3-18H,2,19H2,1H3,(H,35,37)/b29-17+. The molecule has 6 nitrogen and oxygen atoms in total. The number of amides is 2. The van der Waals surface area contributed by atoms with Gasteiger partial charge in [-0.05, 0) is 90.9 Å². The third-order valence-electron chi connectivity index (χ3n) is 6.14. The summed E-state index contributed by atoms with van der Waals surface area (Å²) in [7, 11) is 0. The first-order chi connectivity index (χ1) is 20.3. The van der Waals surface area contributed by atoms with E-state index >= 15 is 0 Å². The SMILES string of the molecule is CCOc1cc(/C=C2/SC(=S)N(c3cccc(C(=O)Nc4ccc(F)cc4)c3)C2=O)ccc1OCc1ccc(Cl)cc1. The van der Waals surface area contributed by atoms with E-state index < -0.39 is 11.7 Å². The maximum atomic E-state index is 13.4. The molecule has 10 heteroatoms. The number of halogens is 2. The highest BCUT2D eigenvalue weighted by molar-refractivity contribution is 8.27. The van der Waals surface area contributed by atoms with Crippen LogP contribution >= 0.6 is 35.6 Å². The molecule has 0 atom stereocenters. The zero-order chi connectivity index (χ0) is 29.6. The van der Waals surface area contributed by atoms with Gasteiger partial charge in [-0.15, -0.1) is 0 Å². The summed E-state index contributed by atoms with van der Waals surface area (Å²) in [5, 5.41) is 3.38. The van der Waals surface area contributed by atoms with Crippen LogP contribution in [0.5, 0.6) is 11.5 Å². The van der Waals surface area contributed by atoms with E-state index in [2.05, 4.69) is 5.32 Å². The molecule has 1 saturated heterocycles. The second-order valence-electron chi connectivity index (χ2n) is 9.08. The fourth-order valence-electron chi connectivity index (χ4n) is 4.11. The Hall–Kier alpha value is -4.18. The third kappa shape index (κ3) is 6.99. The van der Waals surface area contributed by atoms with Crippen molar-refractivity contribution in [2.24, 2.45) is 0 Å². The number of ether oxygens (including phenoxy) is 2. The number of carbonyl (C=O) groups is 2. The maximum absolute atomic E-state index is 13.4. The van der Waals surface area contributed by atoms with Gasteiger partial charge in [-0.3, -0.25) is 14.5 Å². The predicted octanol–water partition coefficient (Wildman–Crippen LogP) is 8.11. The number of anilines is 2. The first-order valence-electron chi connectivity index (χ1n) is 12.9. The first kappa shape index (κ1) is 29.3. The van der Waals surface area contributed by atoms with Crippen molar-refractivity contribution in [1.82, 2.24) is 0 Å². The van der Waals surface area contributed by atoms with Crippen LogP contribution in [-0.2, 0) is 11.4 Å². The maximum Gasteiger partial charge on any atom is 0.270 e. The number of nitrogens with zero attached hydrogens (tertiary/aromatic N) is 1. The molecular formula is C32H24ClFN2O4S2. The van der Waals surface area contributed by atoms with Crippen molar-refractivity contribution in [3.63, 3.8) is 0 Å². The lowest BCUT2D eigenvalue weighted by Gasteiger charge is -2.15. The summed E-state index contributed by atoms with van der Waals surface area (Å²) in [5.74, 6) is 0.0288. The van der Waals surface area contributed by atoms with Gasteiger partial charge in [-0.2, -0.15) is 0 Å². The van der Waals surface area contributed by atoms with Crippen LogP contribution in [0.2, 0.25) is 5.02 Å². The summed E-state index contributed by atoms with van der Waals surface area (Å²) < 4.78 is 25.3. The van der Waals surface area contributed by atoms with Gasteiger partial charge in [0.05, 0.1) is 17.2 Å². The summed E-state index contributed by atoms with van der Waals surface area (Å²) in [6, 6.07) is 24.9. The molecule has 0 spiro atoms. The average molecular weight is 619 g/mol. The van der Waals surface area contributed by atoms with Crippen molar-refractivity contribution in [3.05, 3.63) is 123 Å². The van der Waals surface area contributed by atoms with Crippen LogP contribution in [0.15, 0.2) is 95.9 Å². The van der Waals surface area contributed by atoms with Crippen molar-refractivity contribution >= 4 is 69.2 Å². The van der Waals surface area contributed by atoms with Gasteiger partial charge in [0.15, 0.2) is 15.8 Å². The van der Waals surface area contributed by atoms with Crippen LogP contribution in [0.25, 0.3) is 6.08 Å². The van der Waals surface area contributed by atoms with Gasteiger partial charge in [-0.25, -0.2) is 4.39 Å². The van der Waals surface area contributed by atoms with Crippen molar-refractivity contribution in [1.29, 1.82) is 0 Å². The van der Waals surface area contributed by atoms with E-state index in [-0.39, 0.29) is 5.91 Å². The largest absolute Gasteiger partial charge is 0.490 e. The minimum atomic E-state index is -0.398. The lowest BCUT2D eigenvalue weighted by Crippen LogP contribution is -2.27. The van der Waals surface area contributed by atoms with Crippen molar-refractivity contribution in [2.45, 2.75) is 13.5 Å². The molecule has 1 heterocycles. The van der Waals surface area contributed by atoms with Crippen LogP contribution in [0, 0.1) is 5.82 Å². The molecule has 0 saturated carbocycles. The Kier molecular flexibility index (Phi) is 9.22. The van der Waals surface area contributed by atoms with Crippen LogP contribution in [-0.4, -0.2) is 22.7 Å². The Morgan fingerprint density at radius 3 is 2.50 bits per heavy atom. The van der Waals surface area contributed by atoms with Gasteiger partial charge in [0.25, 0.3) is 11.8 Å². The quantitative estimate of drug-likeness (QED) is 0.151. The Balaban J connectivity index is 1.32. The fourth-order valence-corrected chi connectivity index (χ4v) is 5.53. The van der Waals surface area contributed by atoms with Crippen LogP contribution in [0.4, 0.5) is 15.8 Å². The second kappa shape index (κ2) is 13.2. The predicted molar refractivity (Wildman–Crippen MR) is 170 cm³/mol. The Bertz CT molecular complexity index is 1680. The van der Waals surface area contributed by atoms with E-state index in [0.29, 0.717) is 55.9 Å². The smallest absolute Gasteiger partial charge is 0.270 e. The van der Waals surface area contributed by atoms with Crippen molar-refractivity contribution in [3.8, 4) is 11.5 Å². The molecule has 1 aliphatic heterocycles. The molecule has 2 amide bonds. The number of nitrogens with one attached hydrogen (secondary N) is 1. The highest BCUT2D eigenvalue weighted by Gasteiger charge is 2.33. The van der Waals surface area contributed by atoms with Crippen LogP contribution in [0.3, 0.4) is 0 Å². The average Bonchev–Trinajstić information content (AvgIpc) is 3.26. The Morgan fingerprint density at radius 1 is 1.00 bits per heavy atom. The van der Waals surface area contributed by atoms with Crippen molar-refractivity contribution in [2.75, 3.05) is 16.8 Å². The third-order valence-corrected chi connectivity index (χ3v) is 7.69. The van der Waals surface area contributed by atoms with Crippen LogP contribution < -0.4 is 19.7 Å². The van der Waals surface area contributed by atoms with E-state index in [1.165, 1.54) is 40.9 Å². The first-order valence-corrected chi connectivity index (χ1v) is 14.5. The molecular weight excluding hydrogens is 595 g/mol. The molecule has 42 heavy (non-hydrogen) atoms. The summed E-state index contributed by atoms with van der Waals surface area (Å²) in [6.45, 7) is 2.67. The molecule has 0 bridgehead atoms. The summed E-state index contributed by atoms with van der Waals surface area (Å²) in [5.41, 5.74) is 2.95. The highest BCUT2D eigenvalue weighted by Crippen LogP contribution is 2.38. The highest BCUT2D eigenvalue weighted by atomic mass is 35.5. The van der Waals surface area contributed by atoms with Gasteiger partial charge >= 0.3 is 0 Å². The normalized spacial score (nSPS) is 13.9. The van der Waals surface area contributed by atoms with Crippen molar-refractivity contribution < 1.29 is 23.5 Å². The molecule has 1 aliphatic rings. The molecule has 1 fully saturated rings. The summed E-state index contributed by atoms with van der Waals surface area (Å²) in [4.78, 5) is 28.1. The number of thioether (sulfide) groups is 1. The number of benzene rings is 4. The summed E-state index contributed by atoms with van der Waals surface area (Å²) in [6.07, 6.45) is 1.75. The molecule has 5 rings (SSSR count). The number of rotatable bonds is 9. The fraction of sp³-hybridized carbons (Fsp3) is 0.0938. The van der Waals surface area contributed by atoms with Crippen LogP contribution in [0.1, 0.15) is 28.4 Å². The van der Waals surface area contributed by atoms with E-state index in [0.717, 1.165) is 11.1 Å². The summed E-state index contributed by atoms with van der Waals surface area (Å²) >= 11 is 12.7. The van der Waals surface area contributed by atoms with Gasteiger partial charge in [0, 0.05) is 16.3 Å². The molecule has 4 aromatic carbocycles. The Labute approximate surface area is 257 Å². The van der Waals surface area contributed by atoms with E-state index in [1.54, 1.807) is 36.4 Å². The molecule has 0 aliphatic carbocycles. The molecule has 0 aromatic heterocycles. The van der Waals surface area contributed by atoms with E-state index in [4.69, 9.17) is 33.3 Å². The molecule has 1 N–H and O–H groups in total. The van der Waals surface area contributed by atoms with Gasteiger partial charge < -0.3 is 14.8 Å². The number of hydrogen-bond acceptors (Lipinski definition) is 6. The van der Waals surface area contributed by atoms with Gasteiger partial charge in [0.1, 0.15) is 12.4 Å². The zero-order valence-electron chi connectivity index (χ0n) is 22.3. The monoisotopic (exact) mass is 618 g/mol. The second-order valence-corrected chi connectivity index (χ2v) is 11.2. The lowest BCUT2D eigenvalue weighted by molar-refractivity contribution is -0.113. The topological polar surface area (TPSA) is 67.9 Å². The lowest BCUT2D eigenvalue weighted by atomic mass is 10.1. The zero-order valence-corrected chi connectivity index (χ0v) is 24.7. The number of hydrogen-bond donors (Lipinski definition) is 1. The Morgan fingerprint density at radius 2 is 1.76 bits per heavy atom. The molecule has 0 unspecified atom stereocenters. The molecule has 4 aromatic rings.